The van der Waals surface area contributed by atoms with Crippen molar-refractivity contribution in [1.82, 2.24) is 4.90 Å². The van der Waals surface area contributed by atoms with Crippen molar-refractivity contribution >= 4 is 22.9 Å². The minimum atomic E-state index is 0. The van der Waals surface area contributed by atoms with E-state index in [4.69, 9.17) is 5.73 Å². The predicted molar refractivity (Wildman–Crippen MR) is 63.8 cm³/mol. The molecule has 1 aromatic rings. The fourth-order valence-corrected chi connectivity index (χ4v) is 1.51. The normalized spacial score (nSPS) is 20.2. The summed E-state index contributed by atoms with van der Waals surface area (Å²) in [6.07, 6.45) is 0. The third-order valence-corrected chi connectivity index (χ3v) is 2.31. The first-order valence-corrected chi connectivity index (χ1v) is 4.37. The van der Waals surface area contributed by atoms with E-state index in [1.807, 2.05) is 30.1 Å². The molecule has 3 nitrogen and oxygen atoms in total. The third kappa shape index (κ3) is 2.07. The first-order chi connectivity index (χ1) is 6.27. The van der Waals surface area contributed by atoms with Gasteiger partial charge in [-0.2, -0.15) is 0 Å². The smallest absolute Gasteiger partial charge is 0.191 e. The summed E-state index contributed by atoms with van der Waals surface area (Å²) in [6, 6.07) is 10.4. The van der Waals surface area contributed by atoms with Gasteiger partial charge in [-0.3, -0.25) is 0 Å². The lowest BCUT2D eigenvalue weighted by Crippen LogP contribution is -2.29. The van der Waals surface area contributed by atoms with Crippen LogP contribution >= 0.6 is 17.0 Å². The second-order valence-corrected chi connectivity index (χ2v) is 3.29. The van der Waals surface area contributed by atoms with E-state index < -0.39 is 0 Å². The van der Waals surface area contributed by atoms with Gasteiger partial charge in [-0.15, -0.1) is 17.0 Å². The quantitative estimate of drug-likeness (QED) is 0.828. The van der Waals surface area contributed by atoms with Gasteiger partial charge < -0.3 is 10.6 Å². The molecular formula is C10H14BrN3. The van der Waals surface area contributed by atoms with Crippen molar-refractivity contribution in [2.45, 2.75) is 6.04 Å². The Balaban J connectivity index is 0.000000980. The van der Waals surface area contributed by atoms with Gasteiger partial charge in [-0.25, -0.2) is 4.99 Å². The summed E-state index contributed by atoms with van der Waals surface area (Å²) in [4.78, 5) is 6.33. The Kier molecular flexibility index (Phi) is 3.52. The van der Waals surface area contributed by atoms with Crippen molar-refractivity contribution in [3.8, 4) is 0 Å². The number of likely N-dealkylation sites (N-methyl/N-ethyl adjacent to an activating group) is 1. The summed E-state index contributed by atoms with van der Waals surface area (Å²) < 4.78 is 0. The number of benzene rings is 1. The van der Waals surface area contributed by atoms with Gasteiger partial charge in [0.15, 0.2) is 5.96 Å². The van der Waals surface area contributed by atoms with Crippen molar-refractivity contribution in [2.75, 3.05) is 13.6 Å². The van der Waals surface area contributed by atoms with Crippen LogP contribution < -0.4 is 5.73 Å². The standard InChI is InChI=1S/C10H13N3.BrH/c1-13-7-9(12-10(13)11)8-5-3-2-4-6-8;/h2-6,9H,7H2,1H3,(H2,11,12);1H. The summed E-state index contributed by atoms with van der Waals surface area (Å²) >= 11 is 0. The Morgan fingerprint density at radius 3 is 2.50 bits per heavy atom. The summed E-state index contributed by atoms with van der Waals surface area (Å²) in [7, 11) is 1.96. The average Bonchev–Trinajstić information content (AvgIpc) is 2.49. The molecule has 1 atom stereocenters. The van der Waals surface area contributed by atoms with Gasteiger partial charge in [0.05, 0.1) is 6.04 Å². The zero-order valence-corrected chi connectivity index (χ0v) is 9.76. The van der Waals surface area contributed by atoms with Crippen LogP contribution in [0, 0.1) is 0 Å². The first-order valence-electron chi connectivity index (χ1n) is 4.37. The average molecular weight is 256 g/mol. The fourth-order valence-electron chi connectivity index (χ4n) is 1.51. The SMILES string of the molecule is Br.CN1CC(c2ccccc2)N=C1N. The molecule has 1 aliphatic heterocycles. The second kappa shape index (κ2) is 4.46. The van der Waals surface area contributed by atoms with E-state index in [0.717, 1.165) is 6.54 Å². The van der Waals surface area contributed by atoms with Crippen LogP contribution in [0.25, 0.3) is 0 Å². The van der Waals surface area contributed by atoms with E-state index in [1.54, 1.807) is 0 Å². The summed E-state index contributed by atoms with van der Waals surface area (Å²) in [5.74, 6) is 0.633. The predicted octanol–water partition coefficient (Wildman–Crippen LogP) is 1.57. The van der Waals surface area contributed by atoms with Crippen molar-refractivity contribution in [2.24, 2.45) is 10.7 Å². The highest BCUT2D eigenvalue weighted by Gasteiger charge is 2.20. The number of aliphatic imine (C=N–C) groups is 1. The molecule has 0 radical (unpaired) electrons. The van der Waals surface area contributed by atoms with Crippen LogP contribution in [-0.2, 0) is 0 Å². The van der Waals surface area contributed by atoms with Crippen LogP contribution in [0.4, 0.5) is 0 Å². The molecule has 76 valence electrons. The molecule has 0 spiro atoms. The fraction of sp³-hybridized carbons (Fsp3) is 0.300. The molecule has 2 rings (SSSR count). The number of hydrogen-bond acceptors (Lipinski definition) is 3. The molecule has 14 heavy (non-hydrogen) atoms. The molecule has 0 saturated heterocycles. The van der Waals surface area contributed by atoms with Gasteiger partial charge in [0.25, 0.3) is 0 Å². The van der Waals surface area contributed by atoms with Crippen LogP contribution in [0.3, 0.4) is 0 Å². The molecule has 0 fully saturated rings. The van der Waals surface area contributed by atoms with Crippen LogP contribution in [-0.4, -0.2) is 24.5 Å². The number of nitrogens with zero attached hydrogens (tertiary/aromatic N) is 2. The molecule has 1 heterocycles. The first kappa shape index (κ1) is 11.0. The molecule has 1 aliphatic rings. The van der Waals surface area contributed by atoms with Crippen LogP contribution in [0.2, 0.25) is 0 Å². The van der Waals surface area contributed by atoms with E-state index in [2.05, 4.69) is 17.1 Å². The van der Waals surface area contributed by atoms with Gasteiger partial charge in [-0.1, -0.05) is 30.3 Å². The molecule has 0 bridgehead atoms. The van der Waals surface area contributed by atoms with E-state index in [-0.39, 0.29) is 23.0 Å². The number of halogens is 1. The maximum Gasteiger partial charge on any atom is 0.191 e. The number of guanidine groups is 1. The molecule has 0 saturated carbocycles. The molecule has 4 heteroatoms. The number of nitrogens with two attached hydrogens (primary N) is 1. The zero-order chi connectivity index (χ0) is 9.26. The van der Waals surface area contributed by atoms with Gasteiger partial charge >= 0.3 is 0 Å². The Hall–Kier alpha value is -1.03. The maximum atomic E-state index is 5.68. The maximum absolute atomic E-state index is 5.68. The van der Waals surface area contributed by atoms with Gasteiger partial charge in [-0.05, 0) is 5.56 Å². The van der Waals surface area contributed by atoms with Crippen molar-refractivity contribution in [3.63, 3.8) is 0 Å². The van der Waals surface area contributed by atoms with E-state index >= 15 is 0 Å². The van der Waals surface area contributed by atoms with E-state index in [1.165, 1.54) is 5.56 Å². The summed E-state index contributed by atoms with van der Waals surface area (Å²) in [5.41, 5.74) is 6.91. The van der Waals surface area contributed by atoms with Crippen LogP contribution in [0.5, 0.6) is 0 Å². The Morgan fingerprint density at radius 2 is 2.00 bits per heavy atom. The molecule has 1 unspecified atom stereocenters. The largest absolute Gasteiger partial charge is 0.370 e. The topological polar surface area (TPSA) is 41.6 Å². The molecule has 2 N–H and O–H groups in total. The van der Waals surface area contributed by atoms with Crippen molar-refractivity contribution in [1.29, 1.82) is 0 Å². The Labute approximate surface area is 94.4 Å². The third-order valence-electron chi connectivity index (χ3n) is 2.31. The lowest BCUT2D eigenvalue weighted by Gasteiger charge is -2.11. The Morgan fingerprint density at radius 1 is 1.36 bits per heavy atom. The van der Waals surface area contributed by atoms with Gasteiger partial charge in [0.1, 0.15) is 0 Å². The van der Waals surface area contributed by atoms with Crippen molar-refractivity contribution in [3.05, 3.63) is 35.9 Å². The zero-order valence-electron chi connectivity index (χ0n) is 8.05. The minimum Gasteiger partial charge on any atom is -0.370 e. The second-order valence-electron chi connectivity index (χ2n) is 3.29. The highest BCUT2D eigenvalue weighted by Crippen LogP contribution is 2.21. The lowest BCUT2D eigenvalue weighted by molar-refractivity contribution is 0.504. The monoisotopic (exact) mass is 255 g/mol. The highest BCUT2D eigenvalue weighted by atomic mass is 79.9. The summed E-state index contributed by atoms with van der Waals surface area (Å²) in [6.45, 7) is 0.885. The van der Waals surface area contributed by atoms with Crippen molar-refractivity contribution < 1.29 is 0 Å². The molecule has 1 aromatic carbocycles. The lowest BCUT2D eigenvalue weighted by atomic mass is 10.1. The van der Waals surface area contributed by atoms with E-state index in [0.29, 0.717) is 5.96 Å². The molecular weight excluding hydrogens is 242 g/mol. The minimum absolute atomic E-state index is 0. The highest BCUT2D eigenvalue weighted by molar-refractivity contribution is 8.93. The van der Waals surface area contributed by atoms with Gasteiger partial charge in [0.2, 0.25) is 0 Å². The van der Waals surface area contributed by atoms with E-state index in [9.17, 15) is 0 Å². The van der Waals surface area contributed by atoms with Crippen LogP contribution in [0.15, 0.2) is 35.3 Å². The molecule has 0 aliphatic carbocycles. The van der Waals surface area contributed by atoms with Crippen LogP contribution in [0.1, 0.15) is 11.6 Å². The van der Waals surface area contributed by atoms with Gasteiger partial charge in [0, 0.05) is 13.6 Å². The number of rotatable bonds is 1. The Bertz CT molecular complexity index is 323. The number of hydrogen-bond donors (Lipinski definition) is 1. The summed E-state index contributed by atoms with van der Waals surface area (Å²) in [5, 5.41) is 0. The molecule has 0 aromatic heterocycles. The molecule has 0 amide bonds.